The maximum absolute atomic E-state index is 12.3. The number of carbonyl (C=O) groups excluding carboxylic acids is 3. The van der Waals surface area contributed by atoms with E-state index in [4.69, 9.17) is 4.74 Å². The summed E-state index contributed by atoms with van der Waals surface area (Å²) in [6.07, 6.45) is 2.58. The van der Waals surface area contributed by atoms with Gasteiger partial charge in [0.2, 0.25) is 0 Å². The van der Waals surface area contributed by atoms with E-state index in [9.17, 15) is 14.4 Å². The molecule has 1 aliphatic heterocycles. The molecule has 0 aromatic heterocycles. The van der Waals surface area contributed by atoms with Gasteiger partial charge < -0.3 is 9.53 Å². The van der Waals surface area contributed by atoms with Gasteiger partial charge in [0.25, 0.3) is 0 Å². The molecule has 4 nitrogen and oxygen atoms in total. The number of ether oxygens (including phenoxy) is 1. The van der Waals surface area contributed by atoms with Crippen LogP contribution in [0.25, 0.3) is 0 Å². The lowest BCUT2D eigenvalue weighted by Crippen LogP contribution is -2.41. The van der Waals surface area contributed by atoms with Crippen molar-refractivity contribution in [1.29, 1.82) is 0 Å². The SMILES string of the molecule is C=C1C(=O)OC2CC(C)(CCCC(C)=O)C(=O)CC12. The molecule has 0 N–H and O–H groups in total. The molecule has 0 aromatic rings. The fraction of sp³-hybridized carbons (Fsp3) is 0.667. The van der Waals surface area contributed by atoms with E-state index in [0.29, 0.717) is 37.7 Å². The highest BCUT2D eigenvalue weighted by molar-refractivity contribution is 5.94. The van der Waals surface area contributed by atoms with Crippen molar-refractivity contribution < 1.29 is 19.1 Å². The summed E-state index contributed by atoms with van der Waals surface area (Å²) in [4.78, 5) is 34.8. The standard InChI is InChI=1S/C15H20O4/c1-9(16)5-4-6-15(3)8-12-11(7-13(15)17)10(2)14(18)19-12/h11-12H,2,4-8H2,1,3H3. The molecule has 0 amide bonds. The number of fused-ring (bicyclic) bond motifs is 1. The van der Waals surface area contributed by atoms with Gasteiger partial charge in [-0.1, -0.05) is 13.5 Å². The molecule has 1 heterocycles. The minimum atomic E-state index is -0.471. The second-order valence-electron chi connectivity index (χ2n) is 6.02. The zero-order valence-electron chi connectivity index (χ0n) is 11.5. The Morgan fingerprint density at radius 3 is 2.79 bits per heavy atom. The van der Waals surface area contributed by atoms with Gasteiger partial charge in [0.15, 0.2) is 0 Å². The van der Waals surface area contributed by atoms with E-state index >= 15 is 0 Å². The molecule has 0 bridgehead atoms. The van der Waals surface area contributed by atoms with Gasteiger partial charge in [-0.15, -0.1) is 0 Å². The quantitative estimate of drug-likeness (QED) is 0.577. The van der Waals surface area contributed by atoms with Crippen molar-refractivity contribution in [1.82, 2.24) is 0 Å². The highest BCUT2D eigenvalue weighted by Crippen LogP contribution is 2.46. The summed E-state index contributed by atoms with van der Waals surface area (Å²) < 4.78 is 5.29. The van der Waals surface area contributed by atoms with Crippen molar-refractivity contribution in [3.05, 3.63) is 12.2 Å². The van der Waals surface area contributed by atoms with Crippen LogP contribution < -0.4 is 0 Å². The second kappa shape index (κ2) is 4.91. The van der Waals surface area contributed by atoms with Crippen LogP contribution >= 0.6 is 0 Å². The zero-order chi connectivity index (χ0) is 14.2. The molecule has 4 heteroatoms. The third-order valence-corrected chi connectivity index (χ3v) is 4.40. The Morgan fingerprint density at radius 2 is 2.16 bits per heavy atom. The van der Waals surface area contributed by atoms with E-state index in [1.54, 1.807) is 6.92 Å². The van der Waals surface area contributed by atoms with E-state index in [2.05, 4.69) is 6.58 Å². The smallest absolute Gasteiger partial charge is 0.334 e. The first-order valence-electron chi connectivity index (χ1n) is 6.76. The highest BCUT2D eigenvalue weighted by atomic mass is 16.6. The molecule has 3 unspecified atom stereocenters. The number of esters is 1. The zero-order valence-corrected chi connectivity index (χ0v) is 11.5. The van der Waals surface area contributed by atoms with Crippen LogP contribution in [-0.2, 0) is 19.1 Å². The second-order valence-corrected chi connectivity index (χ2v) is 6.02. The average molecular weight is 264 g/mol. The number of ketones is 2. The van der Waals surface area contributed by atoms with Crippen LogP contribution in [0.5, 0.6) is 0 Å². The fourth-order valence-corrected chi connectivity index (χ4v) is 3.08. The van der Waals surface area contributed by atoms with Crippen LogP contribution in [0.1, 0.15) is 46.0 Å². The average Bonchev–Trinajstić information content (AvgIpc) is 2.56. The normalized spacial score (nSPS) is 34.1. The highest BCUT2D eigenvalue weighted by Gasteiger charge is 2.50. The van der Waals surface area contributed by atoms with Crippen LogP contribution in [0.4, 0.5) is 0 Å². The molecule has 104 valence electrons. The lowest BCUT2D eigenvalue weighted by Gasteiger charge is -2.37. The third-order valence-electron chi connectivity index (χ3n) is 4.40. The number of hydrogen-bond donors (Lipinski definition) is 0. The molecule has 0 radical (unpaired) electrons. The van der Waals surface area contributed by atoms with E-state index < -0.39 is 5.41 Å². The Kier molecular flexibility index (Phi) is 3.61. The van der Waals surface area contributed by atoms with Crippen molar-refractivity contribution in [2.45, 2.75) is 52.1 Å². The molecule has 2 fully saturated rings. The van der Waals surface area contributed by atoms with E-state index in [1.807, 2.05) is 6.92 Å². The van der Waals surface area contributed by atoms with Crippen LogP contribution in [0.3, 0.4) is 0 Å². The molecule has 2 aliphatic rings. The predicted molar refractivity (Wildman–Crippen MR) is 69.4 cm³/mol. The van der Waals surface area contributed by atoms with E-state index in [0.717, 1.165) is 0 Å². The van der Waals surface area contributed by atoms with Gasteiger partial charge in [0, 0.05) is 29.7 Å². The summed E-state index contributed by atoms with van der Waals surface area (Å²) in [6, 6.07) is 0. The number of carbonyl (C=O) groups is 3. The van der Waals surface area contributed by atoms with E-state index in [-0.39, 0.29) is 29.6 Å². The first kappa shape index (κ1) is 14.0. The Morgan fingerprint density at radius 1 is 1.47 bits per heavy atom. The molecular weight excluding hydrogens is 244 g/mol. The van der Waals surface area contributed by atoms with Crippen LogP contribution in [0.15, 0.2) is 12.2 Å². The van der Waals surface area contributed by atoms with Crippen LogP contribution in [0, 0.1) is 11.3 Å². The van der Waals surface area contributed by atoms with Gasteiger partial charge in [-0.25, -0.2) is 4.79 Å². The molecular formula is C15H20O4. The van der Waals surface area contributed by atoms with Crippen molar-refractivity contribution in [3.8, 4) is 0 Å². The topological polar surface area (TPSA) is 60.4 Å². The summed E-state index contributed by atoms with van der Waals surface area (Å²) in [6.45, 7) is 7.19. The molecule has 0 aromatic carbocycles. The van der Waals surface area contributed by atoms with Gasteiger partial charge in [0.05, 0.1) is 0 Å². The monoisotopic (exact) mass is 264 g/mol. The Labute approximate surface area is 113 Å². The number of rotatable bonds is 4. The lowest BCUT2D eigenvalue weighted by molar-refractivity contribution is -0.146. The summed E-state index contributed by atoms with van der Waals surface area (Å²) in [5, 5.41) is 0. The van der Waals surface area contributed by atoms with Gasteiger partial charge in [-0.05, 0) is 26.2 Å². The van der Waals surface area contributed by atoms with Gasteiger partial charge in [0.1, 0.15) is 17.7 Å². The molecule has 2 rings (SSSR count). The summed E-state index contributed by atoms with van der Waals surface area (Å²) in [5.41, 5.74) is -0.0363. The first-order chi connectivity index (χ1) is 8.83. The maximum atomic E-state index is 12.3. The predicted octanol–water partition coefficient (Wildman–Crippen LogP) is 2.21. The summed E-state index contributed by atoms with van der Waals surface area (Å²) in [7, 11) is 0. The minimum Gasteiger partial charge on any atom is -0.458 e. The van der Waals surface area contributed by atoms with Crippen LogP contribution in [-0.4, -0.2) is 23.6 Å². The summed E-state index contributed by atoms with van der Waals surface area (Å²) >= 11 is 0. The van der Waals surface area contributed by atoms with E-state index in [1.165, 1.54) is 0 Å². The molecule has 1 aliphatic carbocycles. The molecule has 0 spiro atoms. The van der Waals surface area contributed by atoms with Crippen LogP contribution in [0.2, 0.25) is 0 Å². The van der Waals surface area contributed by atoms with Crippen molar-refractivity contribution in [3.63, 3.8) is 0 Å². The fourth-order valence-electron chi connectivity index (χ4n) is 3.08. The Hall–Kier alpha value is -1.45. The van der Waals surface area contributed by atoms with Gasteiger partial charge >= 0.3 is 5.97 Å². The Bertz CT molecular complexity index is 451. The first-order valence-corrected chi connectivity index (χ1v) is 6.76. The molecule has 1 saturated carbocycles. The minimum absolute atomic E-state index is 0.138. The number of hydrogen-bond acceptors (Lipinski definition) is 4. The molecule has 1 saturated heterocycles. The van der Waals surface area contributed by atoms with Gasteiger partial charge in [-0.3, -0.25) is 4.79 Å². The van der Waals surface area contributed by atoms with Crippen molar-refractivity contribution in [2.24, 2.45) is 11.3 Å². The van der Waals surface area contributed by atoms with Crippen molar-refractivity contribution in [2.75, 3.05) is 0 Å². The Balaban J connectivity index is 2.04. The lowest BCUT2D eigenvalue weighted by atomic mass is 9.66. The number of Topliss-reactive ketones (excluding diaryl/α,β-unsaturated/α-hetero) is 2. The largest absolute Gasteiger partial charge is 0.458 e. The molecule has 3 atom stereocenters. The summed E-state index contributed by atoms with van der Waals surface area (Å²) in [5.74, 6) is -0.196. The third kappa shape index (κ3) is 2.62. The maximum Gasteiger partial charge on any atom is 0.334 e. The van der Waals surface area contributed by atoms with Crippen molar-refractivity contribution >= 4 is 17.5 Å². The van der Waals surface area contributed by atoms with Gasteiger partial charge in [-0.2, -0.15) is 0 Å². The molecule has 19 heavy (non-hydrogen) atoms.